The Labute approximate surface area is 99.0 Å². The van der Waals surface area contributed by atoms with Crippen molar-refractivity contribution in [1.82, 2.24) is 10.1 Å². The molecule has 0 bridgehead atoms. The van der Waals surface area contributed by atoms with Crippen molar-refractivity contribution >= 4 is 0 Å². The molecule has 1 aromatic carbocycles. The first kappa shape index (κ1) is 11.6. The highest BCUT2D eigenvalue weighted by atomic mass is 16.5. The second kappa shape index (κ2) is 5.45. The maximum absolute atomic E-state index is 9.63. The lowest BCUT2D eigenvalue weighted by Crippen LogP contribution is -1.98. The van der Waals surface area contributed by atoms with Gasteiger partial charge in [0.25, 0.3) is 0 Å². The van der Waals surface area contributed by atoms with Gasteiger partial charge in [-0.3, -0.25) is 0 Å². The van der Waals surface area contributed by atoms with Gasteiger partial charge in [0.05, 0.1) is 6.10 Å². The molecule has 90 valence electrons. The van der Waals surface area contributed by atoms with Crippen LogP contribution in [0.5, 0.6) is 5.75 Å². The van der Waals surface area contributed by atoms with Crippen molar-refractivity contribution in [1.29, 1.82) is 0 Å². The van der Waals surface area contributed by atoms with Crippen molar-refractivity contribution in [3.8, 4) is 5.75 Å². The number of rotatable bonds is 5. The molecule has 0 aliphatic rings. The van der Waals surface area contributed by atoms with Gasteiger partial charge in [-0.05, 0) is 24.1 Å². The molecule has 0 spiro atoms. The summed E-state index contributed by atoms with van der Waals surface area (Å²) in [6.45, 7) is 2.21. The highest BCUT2D eigenvalue weighted by Gasteiger charge is 2.05. The van der Waals surface area contributed by atoms with Gasteiger partial charge in [0.15, 0.2) is 6.61 Å². The number of hydrogen-bond donors (Lipinski definition) is 1. The van der Waals surface area contributed by atoms with Crippen molar-refractivity contribution in [2.24, 2.45) is 0 Å². The topological polar surface area (TPSA) is 68.4 Å². The number of aliphatic hydroxyl groups excluding tert-OH is 1. The Morgan fingerprint density at radius 3 is 2.71 bits per heavy atom. The normalized spacial score (nSPS) is 12.4. The van der Waals surface area contributed by atoms with Gasteiger partial charge in [0.2, 0.25) is 12.2 Å². The van der Waals surface area contributed by atoms with Crippen molar-refractivity contribution in [3.05, 3.63) is 42.0 Å². The zero-order valence-electron chi connectivity index (χ0n) is 9.54. The minimum Gasteiger partial charge on any atom is -0.485 e. The molecule has 2 aromatic rings. The second-order valence-corrected chi connectivity index (χ2v) is 3.63. The number of hydrogen-bond acceptors (Lipinski definition) is 5. The molecule has 1 N–H and O–H groups in total. The lowest BCUT2D eigenvalue weighted by Gasteiger charge is -2.09. The van der Waals surface area contributed by atoms with Crippen LogP contribution in [-0.4, -0.2) is 15.2 Å². The first-order valence-electron chi connectivity index (χ1n) is 5.45. The second-order valence-electron chi connectivity index (χ2n) is 3.63. The number of benzene rings is 1. The zero-order chi connectivity index (χ0) is 12.1. The summed E-state index contributed by atoms with van der Waals surface area (Å²) in [7, 11) is 0. The summed E-state index contributed by atoms with van der Waals surface area (Å²) < 4.78 is 10.0. The Morgan fingerprint density at radius 2 is 2.12 bits per heavy atom. The minimum absolute atomic E-state index is 0.270. The minimum atomic E-state index is -0.416. The van der Waals surface area contributed by atoms with Gasteiger partial charge in [-0.15, -0.1) is 0 Å². The van der Waals surface area contributed by atoms with Crippen molar-refractivity contribution in [3.63, 3.8) is 0 Å². The summed E-state index contributed by atoms with van der Waals surface area (Å²) in [4.78, 5) is 3.85. The summed E-state index contributed by atoms with van der Waals surface area (Å²) >= 11 is 0. The third kappa shape index (κ3) is 3.04. The number of aliphatic hydroxyl groups is 1. The van der Waals surface area contributed by atoms with Crippen LogP contribution in [0.2, 0.25) is 0 Å². The van der Waals surface area contributed by atoms with Crippen LogP contribution in [0.25, 0.3) is 0 Å². The Morgan fingerprint density at radius 1 is 1.35 bits per heavy atom. The van der Waals surface area contributed by atoms with E-state index in [1.54, 1.807) is 0 Å². The number of nitrogens with zero attached hydrogens (tertiary/aromatic N) is 2. The fraction of sp³-hybridized carbons (Fsp3) is 0.333. The van der Waals surface area contributed by atoms with Crippen LogP contribution >= 0.6 is 0 Å². The van der Waals surface area contributed by atoms with E-state index in [-0.39, 0.29) is 6.61 Å². The number of aromatic nitrogens is 2. The standard InChI is InChI=1S/C12H14N2O3/c1-2-11(15)9-3-5-10(6-4-9)16-7-12-13-8-17-14-12/h3-6,8,11,15H,2,7H2,1H3. The van der Waals surface area contributed by atoms with E-state index in [9.17, 15) is 5.11 Å². The van der Waals surface area contributed by atoms with Crippen LogP contribution in [-0.2, 0) is 6.61 Å². The van der Waals surface area contributed by atoms with Crippen LogP contribution in [0.4, 0.5) is 0 Å². The molecule has 0 aliphatic heterocycles. The van der Waals surface area contributed by atoms with E-state index in [1.165, 1.54) is 6.39 Å². The summed E-state index contributed by atoms with van der Waals surface area (Å²) in [5, 5.41) is 13.3. The molecule has 1 unspecified atom stereocenters. The monoisotopic (exact) mass is 234 g/mol. The van der Waals surface area contributed by atoms with Crippen molar-refractivity contribution in [2.45, 2.75) is 26.1 Å². The predicted octanol–water partition coefficient (Wildman–Crippen LogP) is 2.09. The molecule has 5 nitrogen and oxygen atoms in total. The van der Waals surface area contributed by atoms with Crippen LogP contribution in [0.3, 0.4) is 0 Å². The fourth-order valence-electron chi connectivity index (χ4n) is 1.43. The summed E-state index contributed by atoms with van der Waals surface area (Å²) in [6.07, 6.45) is 1.55. The lowest BCUT2D eigenvalue weighted by atomic mass is 10.1. The van der Waals surface area contributed by atoms with E-state index in [1.807, 2.05) is 31.2 Å². The summed E-state index contributed by atoms with van der Waals surface area (Å²) in [5.41, 5.74) is 0.888. The molecular formula is C12H14N2O3. The quantitative estimate of drug-likeness (QED) is 0.857. The maximum atomic E-state index is 9.63. The van der Waals surface area contributed by atoms with E-state index < -0.39 is 6.10 Å². The molecule has 0 fully saturated rings. The molecule has 1 aromatic heterocycles. The third-order valence-electron chi connectivity index (χ3n) is 2.43. The largest absolute Gasteiger partial charge is 0.485 e. The van der Waals surface area contributed by atoms with Crippen molar-refractivity contribution < 1.29 is 14.4 Å². The third-order valence-corrected chi connectivity index (χ3v) is 2.43. The highest BCUT2D eigenvalue weighted by molar-refractivity contribution is 5.28. The van der Waals surface area contributed by atoms with E-state index in [2.05, 4.69) is 14.7 Å². The van der Waals surface area contributed by atoms with Gasteiger partial charge >= 0.3 is 0 Å². The summed E-state index contributed by atoms with van der Waals surface area (Å²) in [6, 6.07) is 7.32. The Kier molecular flexibility index (Phi) is 3.72. The van der Waals surface area contributed by atoms with Gasteiger partial charge in [-0.25, -0.2) is 0 Å². The van der Waals surface area contributed by atoms with Gasteiger partial charge in [0.1, 0.15) is 5.75 Å². The molecule has 1 atom stereocenters. The summed E-state index contributed by atoms with van der Waals surface area (Å²) in [5.74, 6) is 1.21. The maximum Gasteiger partial charge on any atom is 0.213 e. The smallest absolute Gasteiger partial charge is 0.213 e. The SMILES string of the molecule is CCC(O)c1ccc(OCc2ncon2)cc1. The van der Waals surface area contributed by atoms with Gasteiger partial charge in [-0.2, -0.15) is 4.98 Å². The first-order chi connectivity index (χ1) is 8.29. The van der Waals surface area contributed by atoms with E-state index in [0.717, 1.165) is 5.56 Å². The van der Waals surface area contributed by atoms with E-state index in [4.69, 9.17) is 4.74 Å². The predicted molar refractivity (Wildman–Crippen MR) is 60.3 cm³/mol. The molecule has 5 heteroatoms. The molecule has 0 amide bonds. The Hall–Kier alpha value is -1.88. The molecular weight excluding hydrogens is 220 g/mol. The molecule has 2 rings (SSSR count). The Balaban J connectivity index is 1.94. The van der Waals surface area contributed by atoms with Crippen LogP contribution in [0.1, 0.15) is 30.8 Å². The van der Waals surface area contributed by atoms with Gasteiger partial charge in [-0.1, -0.05) is 24.2 Å². The van der Waals surface area contributed by atoms with Gasteiger partial charge < -0.3 is 14.4 Å². The molecule has 17 heavy (non-hydrogen) atoms. The van der Waals surface area contributed by atoms with E-state index in [0.29, 0.717) is 18.0 Å². The molecule has 0 aliphatic carbocycles. The van der Waals surface area contributed by atoms with Crippen LogP contribution in [0, 0.1) is 0 Å². The lowest BCUT2D eigenvalue weighted by molar-refractivity contribution is 0.173. The molecule has 0 saturated carbocycles. The molecule has 1 heterocycles. The first-order valence-corrected chi connectivity index (χ1v) is 5.45. The molecule has 0 saturated heterocycles. The average Bonchev–Trinajstić information content (AvgIpc) is 2.89. The van der Waals surface area contributed by atoms with Crippen molar-refractivity contribution in [2.75, 3.05) is 0 Å². The fourth-order valence-corrected chi connectivity index (χ4v) is 1.43. The van der Waals surface area contributed by atoms with Gasteiger partial charge in [0, 0.05) is 0 Å². The van der Waals surface area contributed by atoms with Crippen LogP contribution < -0.4 is 4.74 Å². The zero-order valence-corrected chi connectivity index (χ0v) is 9.54. The average molecular weight is 234 g/mol. The molecule has 0 radical (unpaired) electrons. The van der Waals surface area contributed by atoms with Crippen LogP contribution in [0.15, 0.2) is 35.2 Å². The number of ether oxygens (including phenoxy) is 1. The van der Waals surface area contributed by atoms with E-state index >= 15 is 0 Å². The highest BCUT2D eigenvalue weighted by Crippen LogP contribution is 2.20. The Bertz CT molecular complexity index is 439.